The average Bonchev–Trinajstić information content (AvgIpc) is 2.35. The number of hydrogen-bond acceptors (Lipinski definition) is 3. The van der Waals surface area contributed by atoms with Gasteiger partial charge in [-0.25, -0.2) is 0 Å². The van der Waals surface area contributed by atoms with Crippen LogP contribution in [0.25, 0.3) is 0 Å². The number of nitrogens with two attached hydrogens (primary N) is 1. The van der Waals surface area contributed by atoms with Crippen molar-refractivity contribution in [2.45, 2.75) is 39.2 Å². The van der Waals surface area contributed by atoms with Crippen LogP contribution in [0.2, 0.25) is 0 Å². The van der Waals surface area contributed by atoms with E-state index in [1.807, 2.05) is 31.2 Å². The normalized spacial score (nSPS) is 12.9. The van der Waals surface area contributed by atoms with E-state index in [0.29, 0.717) is 12.3 Å². The first-order valence-corrected chi connectivity index (χ1v) is 6.55. The van der Waals surface area contributed by atoms with Crippen molar-refractivity contribution in [3.05, 3.63) is 29.8 Å². The highest BCUT2D eigenvalue weighted by molar-refractivity contribution is 5.77. The van der Waals surface area contributed by atoms with Gasteiger partial charge < -0.3 is 15.8 Å². The zero-order valence-corrected chi connectivity index (χ0v) is 12.2. The van der Waals surface area contributed by atoms with Crippen LogP contribution < -0.4 is 15.8 Å². The maximum Gasteiger partial charge on any atom is 0.258 e. The number of amides is 1. The van der Waals surface area contributed by atoms with Crippen molar-refractivity contribution in [1.82, 2.24) is 5.32 Å². The molecule has 0 saturated heterocycles. The van der Waals surface area contributed by atoms with Gasteiger partial charge in [0.25, 0.3) is 5.91 Å². The van der Waals surface area contributed by atoms with Gasteiger partial charge in [0.05, 0.1) is 0 Å². The Balaban J connectivity index is 2.48. The lowest BCUT2D eigenvalue weighted by Gasteiger charge is -2.19. The van der Waals surface area contributed by atoms with E-state index in [4.69, 9.17) is 10.5 Å². The maximum absolute atomic E-state index is 11.5. The monoisotopic (exact) mass is 264 g/mol. The van der Waals surface area contributed by atoms with E-state index in [-0.39, 0.29) is 24.0 Å². The molecule has 1 rings (SSSR count). The number of carbonyl (C=O) groups excluding carboxylic acids is 1. The molecule has 1 amide bonds. The molecule has 106 valence electrons. The number of nitrogens with one attached hydrogen (secondary N) is 1. The summed E-state index contributed by atoms with van der Waals surface area (Å²) in [6, 6.07) is 7.80. The van der Waals surface area contributed by atoms with Gasteiger partial charge in [-0.3, -0.25) is 4.79 Å². The predicted octanol–water partition coefficient (Wildman–Crippen LogP) is 1.83. The Bertz CT molecular complexity index is 407. The molecular weight excluding hydrogens is 240 g/mol. The van der Waals surface area contributed by atoms with Gasteiger partial charge in [-0.05, 0) is 30.0 Å². The largest absolute Gasteiger partial charge is 0.484 e. The Labute approximate surface area is 115 Å². The lowest BCUT2D eigenvalue weighted by molar-refractivity contribution is -0.123. The third-order valence-electron chi connectivity index (χ3n) is 2.85. The summed E-state index contributed by atoms with van der Waals surface area (Å²) in [5, 5.41) is 2.75. The highest BCUT2D eigenvalue weighted by Crippen LogP contribution is 2.24. The first kappa shape index (κ1) is 15.5. The summed E-state index contributed by atoms with van der Waals surface area (Å²) in [6.45, 7) is 8.76. The second-order valence-electron chi connectivity index (χ2n) is 5.77. The van der Waals surface area contributed by atoms with E-state index < -0.39 is 0 Å². The van der Waals surface area contributed by atoms with Crippen molar-refractivity contribution in [2.24, 2.45) is 5.73 Å². The Morgan fingerprint density at radius 3 is 2.37 bits per heavy atom. The van der Waals surface area contributed by atoms with Crippen molar-refractivity contribution in [3.8, 4) is 5.75 Å². The summed E-state index contributed by atoms with van der Waals surface area (Å²) < 4.78 is 5.43. The minimum atomic E-state index is -0.155. The smallest absolute Gasteiger partial charge is 0.258 e. The SMILES string of the molecule is C[C@@H](CN)NC(=O)COc1ccc(C(C)(C)C)cc1. The highest BCUT2D eigenvalue weighted by atomic mass is 16.5. The standard InChI is InChI=1S/C15H24N2O2/c1-11(9-16)17-14(18)10-19-13-7-5-12(6-8-13)15(2,3)4/h5-8,11H,9-10,16H2,1-4H3,(H,17,18)/t11-/m0/s1. The third-order valence-corrected chi connectivity index (χ3v) is 2.85. The molecule has 0 spiro atoms. The first-order valence-electron chi connectivity index (χ1n) is 6.55. The third kappa shape index (κ3) is 5.30. The number of benzene rings is 1. The van der Waals surface area contributed by atoms with Crippen molar-refractivity contribution in [3.63, 3.8) is 0 Å². The lowest BCUT2D eigenvalue weighted by Crippen LogP contribution is -2.40. The maximum atomic E-state index is 11.5. The van der Waals surface area contributed by atoms with Crippen LogP contribution in [0.1, 0.15) is 33.3 Å². The van der Waals surface area contributed by atoms with Crippen molar-refractivity contribution >= 4 is 5.91 Å². The minimum absolute atomic E-state index is 0.0131. The Morgan fingerprint density at radius 1 is 1.32 bits per heavy atom. The van der Waals surface area contributed by atoms with E-state index in [2.05, 4.69) is 26.1 Å². The molecule has 4 nitrogen and oxygen atoms in total. The molecule has 0 aliphatic rings. The van der Waals surface area contributed by atoms with Crippen LogP contribution in [0, 0.1) is 0 Å². The van der Waals surface area contributed by atoms with Gasteiger partial charge in [-0.2, -0.15) is 0 Å². The summed E-state index contributed by atoms with van der Waals surface area (Å²) in [4.78, 5) is 11.5. The summed E-state index contributed by atoms with van der Waals surface area (Å²) >= 11 is 0. The average molecular weight is 264 g/mol. The topological polar surface area (TPSA) is 64.3 Å². The van der Waals surface area contributed by atoms with Crippen LogP contribution in [-0.2, 0) is 10.2 Å². The van der Waals surface area contributed by atoms with Crippen LogP contribution in [0.5, 0.6) is 5.75 Å². The summed E-state index contributed by atoms with van der Waals surface area (Å²) in [5.41, 5.74) is 6.78. The minimum Gasteiger partial charge on any atom is -0.484 e. The van der Waals surface area contributed by atoms with E-state index in [1.165, 1.54) is 5.56 Å². The zero-order chi connectivity index (χ0) is 14.5. The highest BCUT2D eigenvalue weighted by Gasteiger charge is 2.13. The summed E-state index contributed by atoms with van der Waals surface area (Å²) in [7, 11) is 0. The molecule has 0 aliphatic carbocycles. The molecule has 0 aromatic heterocycles. The molecule has 0 saturated carbocycles. The molecule has 0 bridgehead atoms. The second kappa shape index (κ2) is 6.57. The predicted molar refractivity (Wildman–Crippen MR) is 77.3 cm³/mol. The fourth-order valence-electron chi connectivity index (χ4n) is 1.58. The van der Waals surface area contributed by atoms with Crippen LogP contribution in [0.4, 0.5) is 0 Å². The molecule has 1 atom stereocenters. The zero-order valence-electron chi connectivity index (χ0n) is 12.2. The number of ether oxygens (including phenoxy) is 1. The molecule has 0 radical (unpaired) electrons. The summed E-state index contributed by atoms with van der Waals surface area (Å²) in [5.74, 6) is 0.543. The van der Waals surface area contributed by atoms with E-state index in [1.54, 1.807) is 0 Å². The quantitative estimate of drug-likeness (QED) is 0.852. The number of hydrogen-bond donors (Lipinski definition) is 2. The first-order chi connectivity index (χ1) is 8.82. The van der Waals surface area contributed by atoms with Gasteiger partial charge in [-0.15, -0.1) is 0 Å². The van der Waals surface area contributed by atoms with Crippen LogP contribution >= 0.6 is 0 Å². The van der Waals surface area contributed by atoms with Crippen LogP contribution in [0.3, 0.4) is 0 Å². The lowest BCUT2D eigenvalue weighted by atomic mass is 9.87. The summed E-state index contributed by atoms with van der Waals surface area (Å²) in [6.07, 6.45) is 0. The fourth-order valence-corrected chi connectivity index (χ4v) is 1.58. The van der Waals surface area contributed by atoms with Gasteiger partial charge >= 0.3 is 0 Å². The molecule has 4 heteroatoms. The van der Waals surface area contributed by atoms with Crippen molar-refractivity contribution < 1.29 is 9.53 Å². The van der Waals surface area contributed by atoms with Gasteiger partial charge in [0.1, 0.15) is 5.75 Å². The van der Waals surface area contributed by atoms with Gasteiger partial charge in [0.2, 0.25) is 0 Å². The molecule has 1 aromatic rings. The van der Waals surface area contributed by atoms with Gasteiger partial charge in [0.15, 0.2) is 6.61 Å². The number of rotatable bonds is 5. The van der Waals surface area contributed by atoms with E-state index in [9.17, 15) is 4.79 Å². The van der Waals surface area contributed by atoms with Crippen molar-refractivity contribution in [2.75, 3.05) is 13.2 Å². The molecule has 3 N–H and O–H groups in total. The fraction of sp³-hybridized carbons (Fsp3) is 0.533. The Kier molecular flexibility index (Phi) is 5.36. The van der Waals surface area contributed by atoms with E-state index in [0.717, 1.165) is 0 Å². The van der Waals surface area contributed by atoms with E-state index >= 15 is 0 Å². The van der Waals surface area contributed by atoms with Crippen LogP contribution in [-0.4, -0.2) is 25.1 Å². The van der Waals surface area contributed by atoms with Crippen LogP contribution in [0.15, 0.2) is 24.3 Å². The molecule has 0 aliphatic heterocycles. The Morgan fingerprint density at radius 2 is 1.89 bits per heavy atom. The molecule has 0 unspecified atom stereocenters. The van der Waals surface area contributed by atoms with Gasteiger partial charge in [0, 0.05) is 12.6 Å². The molecule has 0 fully saturated rings. The molecular formula is C15H24N2O2. The molecule has 1 aromatic carbocycles. The van der Waals surface area contributed by atoms with Gasteiger partial charge in [-0.1, -0.05) is 32.9 Å². The molecule has 0 heterocycles. The molecule has 19 heavy (non-hydrogen) atoms. The Hall–Kier alpha value is -1.55. The number of carbonyl (C=O) groups is 1. The second-order valence-corrected chi connectivity index (χ2v) is 5.77. The van der Waals surface area contributed by atoms with Crippen molar-refractivity contribution in [1.29, 1.82) is 0 Å².